The molecule has 0 radical (unpaired) electrons. The first kappa shape index (κ1) is 15.6. The Labute approximate surface area is 136 Å². The van der Waals surface area contributed by atoms with E-state index in [1.54, 1.807) is 12.1 Å². The van der Waals surface area contributed by atoms with E-state index in [0.29, 0.717) is 6.54 Å². The molecule has 0 aliphatic carbocycles. The zero-order valence-electron chi connectivity index (χ0n) is 13.4. The molecule has 4 N–H and O–H groups in total. The topological polar surface area (TPSA) is 53.3 Å². The van der Waals surface area contributed by atoms with Gasteiger partial charge in [-0.15, -0.1) is 0 Å². The van der Waals surface area contributed by atoms with E-state index in [2.05, 4.69) is 27.7 Å². The molecule has 1 saturated heterocycles. The highest BCUT2D eigenvalue weighted by Crippen LogP contribution is 2.34. The van der Waals surface area contributed by atoms with Gasteiger partial charge in [-0.1, -0.05) is 18.2 Å². The van der Waals surface area contributed by atoms with Crippen molar-refractivity contribution in [1.29, 1.82) is 0 Å². The lowest BCUT2D eigenvalue weighted by atomic mass is 10.1. The van der Waals surface area contributed by atoms with Gasteiger partial charge in [-0.2, -0.15) is 0 Å². The quantitative estimate of drug-likeness (QED) is 0.760. The van der Waals surface area contributed by atoms with Crippen LogP contribution in [-0.4, -0.2) is 26.2 Å². The van der Waals surface area contributed by atoms with Crippen molar-refractivity contribution in [3.05, 3.63) is 53.3 Å². The minimum Gasteiger partial charge on any atom is -0.395 e. The molecular formula is C18H23FN4. The predicted octanol–water partition coefficient (Wildman–Crippen LogP) is 2.74. The number of nitrogens with two attached hydrogens (primary N) is 1. The Morgan fingerprint density at radius 1 is 1.13 bits per heavy atom. The third-order valence-electron chi connectivity index (χ3n) is 4.27. The zero-order valence-corrected chi connectivity index (χ0v) is 13.4. The number of benzene rings is 2. The lowest BCUT2D eigenvalue weighted by Gasteiger charge is -2.31. The van der Waals surface area contributed by atoms with Crippen molar-refractivity contribution in [2.24, 2.45) is 0 Å². The van der Waals surface area contributed by atoms with Gasteiger partial charge < -0.3 is 21.3 Å². The summed E-state index contributed by atoms with van der Waals surface area (Å²) in [6, 6.07) is 10.7. The maximum atomic E-state index is 13.0. The SMILES string of the molecule is Cc1ccc(N2CCNCC2)c(N)c1NCc1ccc(F)cc1. The van der Waals surface area contributed by atoms with Gasteiger partial charge in [0, 0.05) is 32.7 Å². The summed E-state index contributed by atoms with van der Waals surface area (Å²) in [5.74, 6) is -0.217. The van der Waals surface area contributed by atoms with Crippen molar-refractivity contribution >= 4 is 17.1 Å². The van der Waals surface area contributed by atoms with E-state index in [1.165, 1.54) is 12.1 Å². The third kappa shape index (κ3) is 3.56. The second-order valence-electron chi connectivity index (χ2n) is 5.91. The molecule has 0 amide bonds. The molecule has 122 valence electrons. The van der Waals surface area contributed by atoms with Crippen molar-refractivity contribution in [1.82, 2.24) is 5.32 Å². The number of rotatable bonds is 4. The lowest BCUT2D eigenvalue weighted by molar-refractivity contribution is 0.590. The van der Waals surface area contributed by atoms with Crippen molar-refractivity contribution in [3.8, 4) is 0 Å². The fourth-order valence-corrected chi connectivity index (χ4v) is 2.93. The number of hydrogen-bond donors (Lipinski definition) is 3. The smallest absolute Gasteiger partial charge is 0.123 e. The van der Waals surface area contributed by atoms with Crippen LogP contribution in [0, 0.1) is 12.7 Å². The fraction of sp³-hybridized carbons (Fsp3) is 0.333. The number of piperazine rings is 1. The van der Waals surface area contributed by atoms with E-state index in [-0.39, 0.29) is 5.82 Å². The maximum absolute atomic E-state index is 13.0. The molecule has 2 aromatic rings. The summed E-state index contributed by atoms with van der Waals surface area (Å²) in [5.41, 5.74) is 11.4. The highest BCUT2D eigenvalue weighted by Gasteiger charge is 2.16. The van der Waals surface area contributed by atoms with Crippen LogP contribution in [0.5, 0.6) is 0 Å². The second kappa shape index (κ2) is 6.87. The highest BCUT2D eigenvalue weighted by atomic mass is 19.1. The Morgan fingerprint density at radius 2 is 1.83 bits per heavy atom. The average Bonchev–Trinajstić information content (AvgIpc) is 2.57. The number of anilines is 3. The van der Waals surface area contributed by atoms with Crippen LogP contribution >= 0.6 is 0 Å². The van der Waals surface area contributed by atoms with Crippen LogP contribution in [0.3, 0.4) is 0 Å². The standard InChI is InChI=1S/C18H23FN4/c1-13-2-7-16(23-10-8-21-9-11-23)17(20)18(13)22-12-14-3-5-15(19)6-4-14/h2-7,21-22H,8-12,20H2,1H3. The molecule has 0 spiro atoms. The van der Waals surface area contributed by atoms with Crippen molar-refractivity contribution in [2.75, 3.05) is 42.1 Å². The molecule has 0 aromatic heterocycles. The number of nitrogens with one attached hydrogen (secondary N) is 2. The first-order chi connectivity index (χ1) is 11.1. The molecule has 0 bridgehead atoms. The molecule has 1 aliphatic heterocycles. The van der Waals surface area contributed by atoms with Gasteiger partial charge in [0.25, 0.3) is 0 Å². The molecule has 0 atom stereocenters. The van der Waals surface area contributed by atoms with Gasteiger partial charge in [-0.25, -0.2) is 4.39 Å². The van der Waals surface area contributed by atoms with Gasteiger partial charge in [0.05, 0.1) is 17.1 Å². The van der Waals surface area contributed by atoms with Gasteiger partial charge in [0.2, 0.25) is 0 Å². The third-order valence-corrected chi connectivity index (χ3v) is 4.27. The largest absolute Gasteiger partial charge is 0.395 e. The second-order valence-corrected chi connectivity index (χ2v) is 5.91. The van der Waals surface area contributed by atoms with E-state index in [0.717, 1.165) is 54.4 Å². The molecule has 23 heavy (non-hydrogen) atoms. The van der Waals surface area contributed by atoms with Crippen LogP contribution in [0.1, 0.15) is 11.1 Å². The van der Waals surface area contributed by atoms with E-state index >= 15 is 0 Å². The molecule has 0 saturated carbocycles. The number of aryl methyl sites for hydroxylation is 1. The Kier molecular flexibility index (Phi) is 4.67. The molecule has 2 aromatic carbocycles. The normalized spacial score (nSPS) is 14.8. The Balaban J connectivity index is 1.79. The van der Waals surface area contributed by atoms with Crippen LogP contribution in [0.2, 0.25) is 0 Å². The van der Waals surface area contributed by atoms with E-state index in [1.807, 2.05) is 6.92 Å². The molecule has 4 nitrogen and oxygen atoms in total. The first-order valence-electron chi connectivity index (χ1n) is 7.98. The van der Waals surface area contributed by atoms with Gasteiger partial charge in [0.15, 0.2) is 0 Å². The molecule has 1 fully saturated rings. The maximum Gasteiger partial charge on any atom is 0.123 e. The summed E-state index contributed by atoms with van der Waals surface area (Å²) in [6.45, 7) is 6.55. The summed E-state index contributed by atoms with van der Waals surface area (Å²) < 4.78 is 13.0. The van der Waals surface area contributed by atoms with Crippen LogP contribution in [0.25, 0.3) is 0 Å². The summed E-state index contributed by atoms with van der Waals surface area (Å²) in [4.78, 5) is 2.31. The number of nitrogens with zero attached hydrogens (tertiary/aromatic N) is 1. The highest BCUT2D eigenvalue weighted by molar-refractivity contribution is 5.83. The van der Waals surface area contributed by atoms with E-state index in [4.69, 9.17) is 5.73 Å². The summed E-state index contributed by atoms with van der Waals surface area (Å²) in [7, 11) is 0. The lowest BCUT2D eigenvalue weighted by Crippen LogP contribution is -2.43. The van der Waals surface area contributed by atoms with Crippen molar-refractivity contribution in [2.45, 2.75) is 13.5 Å². The monoisotopic (exact) mass is 314 g/mol. The number of nitrogen functional groups attached to an aromatic ring is 1. The number of halogens is 1. The van der Waals surface area contributed by atoms with Crippen molar-refractivity contribution in [3.63, 3.8) is 0 Å². The molecule has 1 aliphatic rings. The predicted molar refractivity (Wildman–Crippen MR) is 94.4 cm³/mol. The summed E-state index contributed by atoms with van der Waals surface area (Å²) in [6.07, 6.45) is 0. The van der Waals surface area contributed by atoms with Crippen LogP contribution in [-0.2, 0) is 6.54 Å². The Hall–Kier alpha value is -2.27. The summed E-state index contributed by atoms with van der Waals surface area (Å²) >= 11 is 0. The van der Waals surface area contributed by atoms with Gasteiger partial charge >= 0.3 is 0 Å². The first-order valence-corrected chi connectivity index (χ1v) is 7.98. The minimum absolute atomic E-state index is 0.217. The van der Waals surface area contributed by atoms with Gasteiger partial charge in [-0.05, 0) is 36.2 Å². The molecular weight excluding hydrogens is 291 g/mol. The Morgan fingerprint density at radius 3 is 2.52 bits per heavy atom. The van der Waals surface area contributed by atoms with Crippen LogP contribution < -0.4 is 21.3 Å². The average molecular weight is 314 g/mol. The zero-order chi connectivity index (χ0) is 16.2. The van der Waals surface area contributed by atoms with Crippen LogP contribution in [0.15, 0.2) is 36.4 Å². The Bertz CT molecular complexity index is 663. The van der Waals surface area contributed by atoms with E-state index < -0.39 is 0 Å². The molecule has 1 heterocycles. The minimum atomic E-state index is -0.217. The molecule has 3 rings (SSSR count). The van der Waals surface area contributed by atoms with Gasteiger partial charge in [0.1, 0.15) is 5.82 Å². The van der Waals surface area contributed by atoms with Gasteiger partial charge in [-0.3, -0.25) is 0 Å². The van der Waals surface area contributed by atoms with Crippen LogP contribution in [0.4, 0.5) is 21.5 Å². The van der Waals surface area contributed by atoms with Crippen molar-refractivity contribution < 1.29 is 4.39 Å². The summed E-state index contributed by atoms with van der Waals surface area (Å²) in [5, 5.41) is 6.76. The van der Waals surface area contributed by atoms with E-state index in [9.17, 15) is 4.39 Å². The number of hydrogen-bond acceptors (Lipinski definition) is 4. The fourth-order valence-electron chi connectivity index (χ4n) is 2.93. The molecule has 0 unspecified atom stereocenters. The molecule has 5 heteroatoms.